The van der Waals surface area contributed by atoms with E-state index in [1.165, 1.54) is 54.6 Å². The van der Waals surface area contributed by atoms with E-state index in [1.807, 2.05) is 0 Å². The summed E-state index contributed by atoms with van der Waals surface area (Å²) in [6.07, 6.45) is 4.33. The summed E-state index contributed by atoms with van der Waals surface area (Å²) in [5.74, 6) is -9.20. The van der Waals surface area contributed by atoms with Crippen LogP contribution in [0.3, 0.4) is 0 Å². The fraction of sp³-hybridized carbons (Fsp3) is 0.125. The minimum Gasteiger partial charge on any atom is -0.363 e. The smallest absolute Gasteiger partial charge is 0.320 e. The van der Waals surface area contributed by atoms with Gasteiger partial charge in [-0.1, -0.05) is 98.6 Å². The Morgan fingerprint density at radius 1 is 0.543 bits per heavy atom. The third-order valence-corrected chi connectivity index (χ3v) is 11.5. The van der Waals surface area contributed by atoms with E-state index in [-0.39, 0.29) is 44.5 Å². The Kier molecular flexibility index (Phi) is 12.7. The van der Waals surface area contributed by atoms with Gasteiger partial charge in [0.05, 0.1) is 0 Å². The van der Waals surface area contributed by atoms with E-state index >= 15 is 0 Å². The van der Waals surface area contributed by atoms with E-state index in [9.17, 15) is 78.6 Å². The Labute approximate surface area is 394 Å². The fourth-order valence-corrected chi connectivity index (χ4v) is 8.02. The number of nitrogens with one attached hydrogen (secondary N) is 4. The largest absolute Gasteiger partial charge is 0.363 e. The molecular weight excluding hydrogens is 917 g/mol. The molecule has 22 nitrogen and oxygen atoms in total. The molecule has 4 unspecified atom stereocenters. The zero-order valence-corrected chi connectivity index (χ0v) is 36.4. The van der Waals surface area contributed by atoms with Crippen LogP contribution in [-0.2, 0) is 5.72 Å². The van der Waals surface area contributed by atoms with Crippen molar-refractivity contribution in [2.45, 2.75) is 35.6 Å². The maximum atomic E-state index is 12.1. The van der Waals surface area contributed by atoms with Crippen LogP contribution < -0.4 is 32.7 Å². The Morgan fingerprint density at radius 3 is 1.57 bits per heavy atom. The van der Waals surface area contributed by atoms with Crippen molar-refractivity contribution in [3.8, 4) is 0 Å². The molecule has 0 radical (unpaired) electrons. The van der Waals surface area contributed by atoms with Gasteiger partial charge < -0.3 is 47.4 Å². The number of fused-ring (bicyclic) bond motifs is 6. The van der Waals surface area contributed by atoms with Crippen molar-refractivity contribution in [2.24, 2.45) is 11.5 Å². The fourth-order valence-electron chi connectivity index (χ4n) is 8.02. The van der Waals surface area contributed by atoms with E-state index in [2.05, 4.69) is 36.9 Å². The summed E-state index contributed by atoms with van der Waals surface area (Å²) in [5.41, 5.74) is 3.42. The number of primary amides is 2. The van der Waals surface area contributed by atoms with E-state index < -0.39 is 87.3 Å². The Morgan fingerprint density at radius 2 is 1.01 bits per heavy atom. The van der Waals surface area contributed by atoms with Crippen LogP contribution in [-0.4, -0.2) is 112 Å². The summed E-state index contributed by atoms with van der Waals surface area (Å²) in [4.78, 5) is 116. The molecule has 358 valence electrons. The van der Waals surface area contributed by atoms with Gasteiger partial charge in [0.15, 0.2) is 0 Å². The number of allylic oxidation sites excluding steroid dienone is 1. The molecule has 0 saturated carbocycles. The maximum Gasteiger partial charge on any atom is 0.320 e. The van der Waals surface area contributed by atoms with Crippen molar-refractivity contribution >= 4 is 82.4 Å². The number of benzene rings is 4. The summed E-state index contributed by atoms with van der Waals surface area (Å²) in [7, 11) is 0. The number of amides is 6. The first kappa shape index (κ1) is 50.5. The highest BCUT2D eigenvalue weighted by molar-refractivity contribution is 6.34. The normalized spacial score (nSPS) is 23.5. The molecule has 1 heterocycles. The van der Waals surface area contributed by atoms with Crippen molar-refractivity contribution in [3.63, 3.8) is 0 Å². The highest BCUT2D eigenvalue weighted by Crippen LogP contribution is 2.45. The number of ketones is 7. The van der Waals surface area contributed by atoms with Crippen LogP contribution in [0.5, 0.6) is 0 Å². The van der Waals surface area contributed by atoms with Crippen molar-refractivity contribution in [3.05, 3.63) is 166 Å². The first-order valence-corrected chi connectivity index (χ1v) is 20.1. The number of hydrogen-bond acceptors (Lipinski definition) is 16. The van der Waals surface area contributed by atoms with Gasteiger partial charge >= 0.3 is 18.1 Å². The molecule has 0 bridgehead atoms. The molecule has 4 aromatic rings. The highest BCUT2D eigenvalue weighted by Gasteiger charge is 2.69. The van der Waals surface area contributed by atoms with Crippen molar-refractivity contribution in [1.82, 2.24) is 21.3 Å². The summed E-state index contributed by atoms with van der Waals surface area (Å²) in [6, 6.07) is 15.0. The van der Waals surface area contributed by atoms with Crippen LogP contribution in [0.15, 0.2) is 99.1 Å². The zero-order valence-electron chi connectivity index (χ0n) is 36.4. The van der Waals surface area contributed by atoms with Crippen LogP contribution in [0.2, 0.25) is 0 Å². The van der Waals surface area contributed by atoms with Gasteiger partial charge in [0.1, 0.15) is 0 Å². The molecule has 5 aliphatic rings. The second kappa shape index (κ2) is 17.6. The molecule has 0 spiro atoms. The third kappa shape index (κ3) is 7.78. The predicted octanol–water partition coefficient (Wildman–Crippen LogP) is 0.583. The molecule has 4 aromatic carbocycles. The SMILES string of the molecule is C=C(C)c1ccc2c(c1)C(=O)C(O)(O)C2=O.C=Cc1ccc2c(c1)C(=O)C(O)(NC(N)=O)C2=O.C=Cc1cccc2c1C(=O)C(O)(NC(N)=O)C2=O.C=Cc1cccc2c1C1(O)NC(=O)NC1(O)C2=O. The van der Waals surface area contributed by atoms with Gasteiger partial charge in [0, 0.05) is 44.5 Å². The van der Waals surface area contributed by atoms with Crippen molar-refractivity contribution in [1.29, 1.82) is 0 Å². The standard InChI is InChI=1S/3C12H10N2O4.C12H10O4/c1-2-6-4-3-5-7-8(6)11(17)12(18,9(7)15)14-10(16)13-11;1-2-6-3-4-7-8(5-6)10(16)12(18,9(7)15)14-11(13)17;1-2-6-4-3-5-7-8(6)10(16)12(18,9(7)15)14-11(13)17;1-6(2)7-3-4-8-9(5-7)11(14)12(15,16)10(8)13/h2-5,17-18H,1H2,(H2,13,14,16);2*2-5,18H,1H2,(H3,13,14,17);3-5,15-16H,1H2,2H3. The monoisotopic (exact) mass is 956 g/mol. The molecular formula is C48H40N6O16. The van der Waals surface area contributed by atoms with Gasteiger partial charge in [0.2, 0.25) is 46.2 Å². The second-order valence-corrected chi connectivity index (χ2v) is 15.9. The third-order valence-electron chi connectivity index (χ3n) is 11.5. The molecule has 0 aromatic heterocycles. The van der Waals surface area contributed by atoms with Crippen molar-refractivity contribution < 1.29 is 78.6 Å². The summed E-state index contributed by atoms with van der Waals surface area (Å²) in [5, 5.41) is 67.1. The lowest BCUT2D eigenvalue weighted by molar-refractivity contribution is -0.123. The average Bonchev–Trinajstić information content (AvgIpc) is 3.87. The number of carbonyl (C=O) groups is 10. The number of hydrogen-bond donors (Lipinski definition) is 12. The van der Waals surface area contributed by atoms with Crippen LogP contribution in [0, 0.1) is 0 Å². The lowest BCUT2D eigenvalue weighted by Gasteiger charge is -2.28. The summed E-state index contributed by atoms with van der Waals surface area (Å²) in [6.45, 7) is 16.1. The van der Waals surface area contributed by atoms with Gasteiger partial charge in [-0.15, -0.1) is 0 Å². The molecule has 1 fully saturated rings. The predicted molar refractivity (Wildman–Crippen MR) is 244 cm³/mol. The quantitative estimate of drug-likeness (QED) is 0.0929. The van der Waals surface area contributed by atoms with Gasteiger partial charge in [-0.3, -0.25) is 49.5 Å². The van der Waals surface area contributed by atoms with Crippen LogP contribution >= 0.6 is 0 Å². The average molecular weight is 957 g/mol. The lowest BCUT2D eigenvalue weighted by Crippen LogP contribution is -2.58. The number of rotatable bonds is 6. The molecule has 22 heteroatoms. The molecule has 4 atom stereocenters. The molecule has 70 heavy (non-hydrogen) atoms. The highest BCUT2D eigenvalue weighted by atomic mass is 16.5. The second-order valence-electron chi connectivity index (χ2n) is 15.9. The van der Waals surface area contributed by atoms with Gasteiger partial charge in [-0.25, -0.2) is 14.4 Å². The number of nitrogens with two attached hydrogens (primary N) is 2. The van der Waals surface area contributed by atoms with Gasteiger partial charge in [0.25, 0.3) is 23.0 Å². The Balaban J connectivity index is 0.000000153. The van der Waals surface area contributed by atoms with Crippen LogP contribution in [0.25, 0.3) is 23.8 Å². The molecule has 6 amide bonds. The topological polar surface area (TPSA) is 392 Å². The number of aliphatic hydroxyl groups is 6. The van der Waals surface area contributed by atoms with Gasteiger partial charge in [-0.2, -0.15) is 0 Å². The van der Waals surface area contributed by atoms with E-state index in [0.717, 1.165) is 5.57 Å². The van der Waals surface area contributed by atoms with E-state index in [0.29, 0.717) is 22.3 Å². The van der Waals surface area contributed by atoms with Crippen LogP contribution in [0.4, 0.5) is 14.4 Å². The minimum atomic E-state index is -2.91. The number of Topliss-reactive ketones (excluding diaryl/α,β-unsaturated/α-hetero) is 7. The Bertz CT molecular complexity index is 3150. The molecule has 1 saturated heterocycles. The minimum absolute atomic E-state index is 0.0358. The summed E-state index contributed by atoms with van der Waals surface area (Å²) >= 11 is 0. The van der Waals surface area contributed by atoms with E-state index in [4.69, 9.17) is 11.5 Å². The molecule has 1 aliphatic heterocycles. The first-order valence-electron chi connectivity index (χ1n) is 20.1. The maximum absolute atomic E-state index is 12.1. The Hall–Kier alpha value is -8.90. The number of urea groups is 3. The molecule has 14 N–H and O–H groups in total. The lowest BCUT2D eigenvalue weighted by atomic mass is 9.96. The van der Waals surface area contributed by atoms with E-state index in [1.54, 1.807) is 54.0 Å². The molecule has 4 aliphatic carbocycles. The molecule has 9 rings (SSSR count). The van der Waals surface area contributed by atoms with Crippen molar-refractivity contribution in [2.75, 3.05) is 0 Å². The van der Waals surface area contributed by atoms with Gasteiger partial charge in [-0.05, 0) is 53.4 Å². The zero-order chi connectivity index (χ0) is 52.2. The van der Waals surface area contributed by atoms with Crippen LogP contribution in [0.1, 0.15) is 107 Å². The number of carbonyl (C=O) groups excluding carboxylic acids is 10. The summed E-state index contributed by atoms with van der Waals surface area (Å²) < 4.78 is 0. The first-order chi connectivity index (χ1) is 32.6.